The quantitative estimate of drug-likeness (QED) is 0.846. The summed E-state index contributed by atoms with van der Waals surface area (Å²) < 4.78 is 5.06. The van der Waals surface area contributed by atoms with Gasteiger partial charge in [0.25, 0.3) is 0 Å². The van der Waals surface area contributed by atoms with Crippen LogP contribution >= 0.6 is 11.8 Å². The van der Waals surface area contributed by atoms with E-state index in [9.17, 15) is 4.79 Å². The van der Waals surface area contributed by atoms with Gasteiger partial charge in [-0.05, 0) is 18.2 Å². The van der Waals surface area contributed by atoms with Crippen LogP contribution in [0.2, 0.25) is 0 Å². The highest BCUT2D eigenvalue weighted by Gasteiger charge is 2.28. The molecule has 0 spiro atoms. The molecule has 1 aromatic heterocycles. The van der Waals surface area contributed by atoms with Crippen LogP contribution in [0.3, 0.4) is 0 Å². The van der Waals surface area contributed by atoms with Crippen molar-refractivity contribution in [1.29, 1.82) is 0 Å². The molecule has 1 aromatic rings. The molecule has 0 saturated carbocycles. The minimum Gasteiger partial charge on any atom is -0.481 e. The molecule has 0 aliphatic carbocycles. The van der Waals surface area contributed by atoms with E-state index in [4.69, 9.17) is 9.84 Å². The molecule has 0 radical (unpaired) electrons. The Morgan fingerprint density at radius 1 is 1.65 bits per heavy atom. The molecule has 2 N–H and O–H groups in total. The third kappa shape index (κ3) is 2.89. The third-order valence-corrected chi connectivity index (χ3v) is 3.75. The zero-order chi connectivity index (χ0) is 12.3. The summed E-state index contributed by atoms with van der Waals surface area (Å²) in [7, 11) is 1.56. The highest BCUT2D eigenvalue weighted by atomic mass is 32.2. The van der Waals surface area contributed by atoms with Crippen molar-refractivity contribution < 1.29 is 14.6 Å². The molecule has 0 amide bonds. The molecule has 0 bridgehead atoms. The number of pyridine rings is 1. The van der Waals surface area contributed by atoms with Crippen molar-refractivity contribution in [1.82, 2.24) is 10.3 Å². The summed E-state index contributed by atoms with van der Waals surface area (Å²) >= 11 is 1.66. The number of methoxy groups -OCH3 is 1. The molecule has 1 fully saturated rings. The number of aliphatic carboxylic acids is 1. The molecule has 17 heavy (non-hydrogen) atoms. The van der Waals surface area contributed by atoms with Gasteiger partial charge in [-0.1, -0.05) is 6.07 Å². The van der Waals surface area contributed by atoms with E-state index < -0.39 is 12.0 Å². The maximum Gasteiger partial charge on any atom is 0.320 e. The molecule has 5 nitrogen and oxygen atoms in total. The minimum atomic E-state index is -0.807. The van der Waals surface area contributed by atoms with Crippen LogP contribution in [0.15, 0.2) is 18.2 Å². The summed E-state index contributed by atoms with van der Waals surface area (Å²) in [6.07, 6.45) is 0.639. The van der Waals surface area contributed by atoms with Crippen LogP contribution in [0.4, 0.5) is 0 Å². The second-order valence-electron chi connectivity index (χ2n) is 3.70. The summed E-state index contributed by atoms with van der Waals surface area (Å²) in [6, 6.07) is 5.01. The molecule has 2 heterocycles. The molecule has 1 saturated heterocycles. The molecule has 2 atom stereocenters. The number of rotatable bonds is 3. The number of carboxylic acids is 1. The maximum absolute atomic E-state index is 10.9. The summed E-state index contributed by atoms with van der Waals surface area (Å²) in [4.78, 5) is 15.2. The Balaban J connectivity index is 2.13. The number of hydrogen-bond acceptors (Lipinski definition) is 5. The van der Waals surface area contributed by atoms with Crippen LogP contribution in [0.1, 0.15) is 17.5 Å². The van der Waals surface area contributed by atoms with Gasteiger partial charge in [-0.2, -0.15) is 0 Å². The first-order valence-electron chi connectivity index (χ1n) is 5.32. The zero-order valence-electron chi connectivity index (χ0n) is 9.42. The van der Waals surface area contributed by atoms with E-state index in [1.807, 2.05) is 12.1 Å². The number of hydrogen-bond donors (Lipinski definition) is 2. The van der Waals surface area contributed by atoms with Gasteiger partial charge in [0.2, 0.25) is 5.88 Å². The molecule has 2 unspecified atom stereocenters. The Bertz CT molecular complexity index is 413. The van der Waals surface area contributed by atoms with E-state index in [0.717, 1.165) is 11.4 Å². The topological polar surface area (TPSA) is 71.5 Å². The molecule has 0 aromatic carbocycles. The van der Waals surface area contributed by atoms with Gasteiger partial charge in [0.05, 0.1) is 18.2 Å². The maximum atomic E-state index is 10.9. The Labute approximate surface area is 104 Å². The smallest absolute Gasteiger partial charge is 0.320 e. The Morgan fingerprint density at radius 3 is 3.18 bits per heavy atom. The van der Waals surface area contributed by atoms with Crippen LogP contribution in [0.5, 0.6) is 5.88 Å². The van der Waals surface area contributed by atoms with E-state index in [1.54, 1.807) is 24.9 Å². The molecule has 1 aliphatic heterocycles. The standard InChI is InChI=1S/C11H14N2O3S/c1-16-9-4-2-3-7(12-9)10-13-8(11(14)15)5-6-17-10/h2-4,8,10,13H,5-6H2,1H3,(H,14,15). The summed E-state index contributed by atoms with van der Waals surface area (Å²) in [5.74, 6) is 0.550. The van der Waals surface area contributed by atoms with Gasteiger partial charge in [-0.25, -0.2) is 4.98 Å². The average molecular weight is 254 g/mol. The van der Waals surface area contributed by atoms with Gasteiger partial charge in [0, 0.05) is 6.07 Å². The highest BCUT2D eigenvalue weighted by molar-refractivity contribution is 7.99. The van der Waals surface area contributed by atoms with Crippen LogP contribution < -0.4 is 10.1 Å². The molecule has 92 valence electrons. The zero-order valence-corrected chi connectivity index (χ0v) is 10.2. The minimum absolute atomic E-state index is 0.0834. The molecular weight excluding hydrogens is 240 g/mol. The number of carbonyl (C=O) groups is 1. The molecular formula is C11H14N2O3S. The SMILES string of the molecule is COc1cccc(C2NC(C(=O)O)CCS2)n1. The van der Waals surface area contributed by atoms with Gasteiger partial charge in [-0.15, -0.1) is 11.8 Å². The Morgan fingerprint density at radius 2 is 2.47 bits per heavy atom. The summed E-state index contributed by atoms with van der Waals surface area (Å²) in [5, 5.41) is 12.0. The fourth-order valence-electron chi connectivity index (χ4n) is 1.67. The second kappa shape index (κ2) is 5.37. The second-order valence-corrected chi connectivity index (χ2v) is 4.91. The fraction of sp³-hybridized carbons (Fsp3) is 0.455. The summed E-state index contributed by atoms with van der Waals surface area (Å²) in [6.45, 7) is 0. The number of aromatic nitrogens is 1. The van der Waals surface area contributed by atoms with Crippen molar-refractivity contribution in [2.45, 2.75) is 17.8 Å². The van der Waals surface area contributed by atoms with Gasteiger partial charge in [0.15, 0.2) is 0 Å². The monoisotopic (exact) mass is 254 g/mol. The Hall–Kier alpha value is -1.27. The van der Waals surface area contributed by atoms with Crippen molar-refractivity contribution in [3.8, 4) is 5.88 Å². The van der Waals surface area contributed by atoms with E-state index >= 15 is 0 Å². The van der Waals surface area contributed by atoms with E-state index in [0.29, 0.717) is 12.3 Å². The first-order chi connectivity index (χ1) is 8.20. The lowest BCUT2D eigenvalue weighted by Gasteiger charge is -2.27. The first kappa shape index (κ1) is 12.2. The van der Waals surface area contributed by atoms with Gasteiger partial charge in [-0.3, -0.25) is 10.1 Å². The fourth-order valence-corrected chi connectivity index (χ4v) is 2.84. The van der Waals surface area contributed by atoms with Crippen molar-refractivity contribution in [2.75, 3.05) is 12.9 Å². The lowest BCUT2D eigenvalue weighted by molar-refractivity contribution is -0.139. The molecule has 2 rings (SSSR count). The van der Waals surface area contributed by atoms with Crippen molar-refractivity contribution in [2.24, 2.45) is 0 Å². The summed E-state index contributed by atoms with van der Waals surface area (Å²) in [5.41, 5.74) is 0.806. The number of ether oxygens (including phenoxy) is 1. The van der Waals surface area contributed by atoms with Crippen LogP contribution in [0, 0.1) is 0 Å². The predicted molar refractivity (Wildman–Crippen MR) is 65.2 cm³/mol. The van der Waals surface area contributed by atoms with Crippen molar-refractivity contribution in [3.63, 3.8) is 0 Å². The normalized spacial score (nSPS) is 24.3. The lowest BCUT2D eigenvalue weighted by Crippen LogP contribution is -2.42. The predicted octanol–water partition coefficient (Wildman–Crippen LogP) is 1.27. The van der Waals surface area contributed by atoms with Crippen LogP contribution in [-0.2, 0) is 4.79 Å². The lowest BCUT2D eigenvalue weighted by atomic mass is 10.2. The third-order valence-electron chi connectivity index (χ3n) is 2.56. The van der Waals surface area contributed by atoms with Crippen LogP contribution in [0.25, 0.3) is 0 Å². The number of nitrogens with zero attached hydrogens (tertiary/aromatic N) is 1. The van der Waals surface area contributed by atoms with Gasteiger partial charge >= 0.3 is 5.97 Å². The highest BCUT2D eigenvalue weighted by Crippen LogP contribution is 2.31. The van der Waals surface area contributed by atoms with Crippen molar-refractivity contribution in [3.05, 3.63) is 23.9 Å². The van der Waals surface area contributed by atoms with Crippen LogP contribution in [-0.4, -0.2) is 35.0 Å². The average Bonchev–Trinajstić information content (AvgIpc) is 2.39. The number of nitrogens with one attached hydrogen (secondary N) is 1. The van der Waals surface area contributed by atoms with Gasteiger partial charge < -0.3 is 9.84 Å². The van der Waals surface area contributed by atoms with E-state index in [-0.39, 0.29) is 5.37 Å². The largest absolute Gasteiger partial charge is 0.481 e. The molecule has 6 heteroatoms. The van der Waals surface area contributed by atoms with E-state index in [2.05, 4.69) is 10.3 Å². The number of carboxylic acid groups (broad SMARTS) is 1. The van der Waals surface area contributed by atoms with Gasteiger partial charge in [0.1, 0.15) is 6.04 Å². The first-order valence-corrected chi connectivity index (χ1v) is 6.37. The molecule has 1 aliphatic rings. The van der Waals surface area contributed by atoms with E-state index in [1.165, 1.54) is 0 Å². The Kier molecular flexibility index (Phi) is 3.86. The van der Waals surface area contributed by atoms with Crippen molar-refractivity contribution >= 4 is 17.7 Å². The number of thioether (sulfide) groups is 1.